The van der Waals surface area contributed by atoms with E-state index < -0.39 is 35.1 Å². The molecule has 4 rings (SSSR count). The van der Waals surface area contributed by atoms with Crippen molar-refractivity contribution in [2.24, 2.45) is 11.8 Å². The molecule has 1 spiro atoms. The zero-order valence-corrected chi connectivity index (χ0v) is 23.0. The Balaban J connectivity index is 1.90. The van der Waals surface area contributed by atoms with Gasteiger partial charge in [0.2, 0.25) is 17.7 Å². The highest BCUT2D eigenvalue weighted by atomic mass is 16.5. The van der Waals surface area contributed by atoms with Crippen molar-refractivity contribution in [3.05, 3.63) is 61.2 Å². The molecule has 0 radical (unpaired) electrons. The van der Waals surface area contributed by atoms with Crippen LogP contribution in [0.3, 0.4) is 0 Å². The van der Waals surface area contributed by atoms with Gasteiger partial charge in [0.15, 0.2) is 0 Å². The third-order valence-corrected chi connectivity index (χ3v) is 8.82. The lowest BCUT2D eigenvalue weighted by Gasteiger charge is -2.40. The number of hydrogen-bond acceptors (Lipinski definition) is 5. The number of aliphatic hydroxyl groups is 1. The number of likely N-dealkylation sites (tertiary alicyclic amines) is 1. The van der Waals surface area contributed by atoms with Gasteiger partial charge >= 0.3 is 0 Å². The van der Waals surface area contributed by atoms with E-state index in [0.717, 1.165) is 5.56 Å². The molecule has 3 heterocycles. The van der Waals surface area contributed by atoms with Crippen LogP contribution in [-0.2, 0) is 19.1 Å². The highest BCUT2D eigenvalue weighted by Gasteiger charge is 2.79. The zero-order valence-electron chi connectivity index (χ0n) is 23.0. The van der Waals surface area contributed by atoms with Gasteiger partial charge in [-0.15, -0.1) is 13.2 Å². The Hall–Kier alpha value is -2.97. The molecule has 1 aromatic carbocycles. The fourth-order valence-electron chi connectivity index (χ4n) is 7.05. The molecule has 3 aliphatic rings. The summed E-state index contributed by atoms with van der Waals surface area (Å²) >= 11 is 0. The Morgan fingerprint density at radius 1 is 1.16 bits per heavy atom. The summed E-state index contributed by atoms with van der Waals surface area (Å²) in [6.07, 6.45) is 4.96. The Kier molecular flexibility index (Phi) is 7.86. The van der Waals surface area contributed by atoms with Crippen LogP contribution in [0.5, 0.6) is 0 Å². The minimum atomic E-state index is -1.16. The molecule has 2 bridgehead atoms. The number of amides is 3. The number of rotatable bonds is 11. The molecule has 206 valence electrons. The first-order chi connectivity index (χ1) is 18.1. The molecule has 38 heavy (non-hydrogen) atoms. The molecule has 6 atom stereocenters. The molecule has 8 heteroatoms. The molecule has 3 saturated heterocycles. The molecule has 3 fully saturated rings. The van der Waals surface area contributed by atoms with Crippen molar-refractivity contribution in [1.29, 1.82) is 0 Å². The number of carbonyl (C=O) groups excluding carboxylic acids is 3. The quantitative estimate of drug-likeness (QED) is 0.451. The lowest BCUT2D eigenvalue weighted by atomic mass is 9.64. The van der Waals surface area contributed by atoms with Crippen LogP contribution < -0.4 is 0 Å². The maximum absolute atomic E-state index is 14.5. The maximum atomic E-state index is 14.5. The van der Waals surface area contributed by atoms with Crippen LogP contribution >= 0.6 is 0 Å². The molecule has 3 amide bonds. The van der Waals surface area contributed by atoms with Gasteiger partial charge < -0.3 is 24.5 Å². The number of ether oxygens (including phenoxy) is 1. The first-order valence-corrected chi connectivity index (χ1v) is 13.6. The van der Waals surface area contributed by atoms with Crippen molar-refractivity contribution in [3.63, 3.8) is 0 Å². The molecule has 8 nitrogen and oxygen atoms in total. The summed E-state index contributed by atoms with van der Waals surface area (Å²) in [4.78, 5) is 47.6. The molecular weight excluding hydrogens is 482 g/mol. The van der Waals surface area contributed by atoms with E-state index in [0.29, 0.717) is 32.4 Å². The number of benzene rings is 1. The summed E-state index contributed by atoms with van der Waals surface area (Å²) in [5.41, 5.74) is -1.25. The van der Waals surface area contributed by atoms with Crippen LogP contribution in [0.4, 0.5) is 0 Å². The predicted octanol–water partition coefficient (Wildman–Crippen LogP) is 2.94. The molecule has 1 N–H and O–H groups in total. The standard InChI is InChI=1S/C30H41N3O5/c1-7-17-31(6)26(35)23-24-27(36)33(22(19-34)21-13-11-10-12-14-21)25(28(37)32(18-8-2)20(4)5)30(24)16-15-29(23,9-3)38-30/h7-8,10-14,20,22-25,34H,1-2,9,15-19H2,3-6H3/t22-,23-,24+,25?,29+,30?/m1/s1. The topological polar surface area (TPSA) is 90.4 Å². The van der Waals surface area contributed by atoms with E-state index in [2.05, 4.69) is 13.2 Å². The Morgan fingerprint density at radius 2 is 1.82 bits per heavy atom. The minimum absolute atomic E-state index is 0.146. The average molecular weight is 524 g/mol. The van der Waals surface area contributed by atoms with Gasteiger partial charge in [0.1, 0.15) is 11.6 Å². The van der Waals surface area contributed by atoms with Gasteiger partial charge in [-0.2, -0.15) is 0 Å². The third kappa shape index (κ3) is 4.09. The summed E-state index contributed by atoms with van der Waals surface area (Å²) in [5, 5.41) is 10.6. The predicted molar refractivity (Wildman–Crippen MR) is 145 cm³/mol. The summed E-state index contributed by atoms with van der Waals surface area (Å²) in [6.45, 7) is 13.7. The number of hydrogen-bond donors (Lipinski definition) is 1. The van der Waals surface area contributed by atoms with Gasteiger partial charge in [-0.1, -0.05) is 49.4 Å². The Bertz CT molecular complexity index is 1090. The third-order valence-electron chi connectivity index (χ3n) is 8.82. The highest BCUT2D eigenvalue weighted by molar-refractivity contribution is 5.99. The number of likely N-dealkylation sites (N-methyl/N-ethyl adjacent to an activating group) is 1. The first kappa shape index (κ1) is 28.0. The van der Waals surface area contributed by atoms with Crippen LogP contribution in [0, 0.1) is 11.8 Å². The number of nitrogens with zero attached hydrogens (tertiary/aromatic N) is 3. The van der Waals surface area contributed by atoms with Crippen LogP contribution in [-0.4, -0.2) is 87.6 Å². The van der Waals surface area contributed by atoms with E-state index >= 15 is 0 Å². The molecule has 0 aromatic heterocycles. The van der Waals surface area contributed by atoms with E-state index in [9.17, 15) is 19.5 Å². The van der Waals surface area contributed by atoms with Crippen molar-refractivity contribution < 1.29 is 24.2 Å². The molecule has 1 aromatic rings. The molecule has 2 unspecified atom stereocenters. The van der Waals surface area contributed by atoms with Gasteiger partial charge in [0.25, 0.3) is 0 Å². The Morgan fingerprint density at radius 3 is 2.37 bits per heavy atom. The largest absolute Gasteiger partial charge is 0.394 e. The van der Waals surface area contributed by atoms with Crippen molar-refractivity contribution in [2.75, 3.05) is 26.7 Å². The second-order valence-electron chi connectivity index (χ2n) is 11.1. The van der Waals surface area contributed by atoms with Crippen molar-refractivity contribution >= 4 is 17.7 Å². The highest BCUT2D eigenvalue weighted by Crippen LogP contribution is 2.65. The molecule has 0 saturated carbocycles. The van der Waals surface area contributed by atoms with Crippen molar-refractivity contribution in [1.82, 2.24) is 14.7 Å². The number of fused-ring (bicyclic) bond motifs is 1. The summed E-state index contributed by atoms with van der Waals surface area (Å²) < 4.78 is 6.86. The maximum Gasteiger partial charge on any atom is 0.248 e. The SMILES string of the molecule is C=CCN(C)C(=O)[C@H]1[C@H]2C(=O)N([C@H](CO)c3ccccc3)C(C(=O)N(CC=C)C(C)C)C23CC[C@]1(CC)O3. The lowest BCUT2D eigenvalue weighted by Crippen LogP contribution is -2.58. The van der Waals surface area contributed by atoms with Crippen LogP contribution in [0.15, 0.2) is 55.6 Å². The van der Waals surface area contributed by atoms with Gasteiger partial charge in [-0.3, -0.25) is 14.4 Å². The van der Waals surface area contributed by atoms with Gasteiger partial charge in [-0.05, 0) is 38.7 Å². The molecular formula is C30H41N3O5. The second kappa shape index (κ2) is 10.7. The number of aliphatic hydroxyl groups excluding tert-OH is 1. The van der Waals surface area contributed by atoms with Crippen molar-refractivity contribution in [2.45, 2.75) is 69.4 Å². The van der Waals surface area contributed by atoms with Crippen LogP contribution in [0.25, 0.3) is 0 Å². The smallest absolute Gasteiger partial charge is 0.248 e. The fraction of sp³-hybridized carbons (Fsp3) is 0.567. The lowest BCUT2D eigenvalue weighted by molar-refractivity contribution is -0.158. The van der Waals surface area contributed by atoms with E-state index in [1.165, 1.54) is 4.90 Å². The Labute approximate surface area is 225 Å². The first-order valence-electron chi connectivity index (χ1n) is 13.6. The van der Waals surface area contributed by atoms with E-state index in [-0.39, 0.29) is 30.4 Å². The fourth-order valence-corrected chi connectivity index (χ4v) is 7.05. The van der Waals surface area contributed by atoms with E-state index in [4.69, 9.17) is 4.74 Å². The van der Waals surface area contributed by atoms with Crippen LogP contribution in [0.2, 0.25) is 0 Å². The molecule has 0 aliphatic carbocycles. The average Bonchev–Trinajstić information content (AvgIpc) is 3.51. The van der Waals surface area contributed by atoms with Crippen molar-refractivity contribution in [3.8, 4) is 0 Å². The normalized spacial score (nSPS) is 30.3. The summed E-state index contributed by atoms with van der Waals surface area (Å²) in [7, 11) is 1.71. The summed E-state index contributed by atoms with van der Waals surface area (Å²) in [6, 6.07) is 7.37. The summed E-state index contributed by atoms with van der Waals surface area (Å²) in [5.74, 6) is -2.27. The monoisotopic (exact) mass is 523 g/mol. The van der Waals surface area contributed by atoms with E-state index in [1.807, 2.05) is 51.1 Å². The second-order valence-corrected chi connectivity index (χ2v) is 11.1. The number of carbonyl (C=O) groups is 3. The van der Waals surface area contributed by atoms with E-state index in [1.54, 1.807) is 29.0 Å². The van der Waals surface area contributed by atoms with Gasteiger partial charge in [-0.25, -0.2) is 0 Å². The van der Waals surface area contributed by atoms with Gasteiger partial charge in [0.05, 0.1) is 30.1 Å². The van der Waals surface area contributed by atoms with Gasteiger partial charge in [0, 0.05) is 26.2 Å². The minimum Gasteiger partial charge on any atom is -0.394 e. The molecule has 3 aliphatic heterocycles. The van der Waals surface area contributed by atoms with Crippen LogP contribution in [0.1, 0.15) is 51.6 Å². The zero-order chi connectivity index (χ0) is 27.8.